The summed E-state index contributed by atoms with van der Waals surface area (Å²) in [5, 5.41) is 7.28. The molecule has 1 aromatic heterocycles. The van der Waals surface area contributed by atoms with Crippen LogP contribution < -0.4 is 5.32 Å². The van der Waals surface area contributed by atoms with Crippen LogP contribution in [0, 0.1) is 0 Å². The molecule has 15 heavy (non-hydrogen) atoms. The molecule has 1 rings (SSSR count). The lowest BCUT2D eigenvalue weighted by atomic mass is 10.5. The molecule has 0 saturated heterocycles. The molecule has 0 spiro atoms. The standard InChI is InChI=1S/C9H18N4OS/c1-3-13-9(11-8-12-13)7-10-5-6-15(14)4-2/h8,10H,3-7H2,1-2H3. The van der Waals surface area contributed by atoms with Gasteiger partial charge >= 0.3 is 0 Å². The lowest BCUT2D eigenvalue weighted by molar-refractivity contribution is 0.580. The highest BCUT2D eigenvalue weighted by Gasteiger charge is 2.01. The minimum absolute atomic E-state index is 0.688. The maximum absolute atomic E-state index is 11.1. The second-order valence-corrected chi connectivity index (χ2v) is 4.97. The van der Waals surface area contributed by atoms with Crippen molar-refractivity contribution in [3.8, 4) is 0 Å². The zero-order chi connectivity index (χ0) is 11.1. The average molecular weight is 230 g/mol. The molecule has 1 unspecified atom stereocenters. The lowest BCUT2D eigenvalue weighted by Gasteiger charge is -2.04. The average Bonchev–Trinajstić information content (AvgIpc) is 2.71. The molecule has 0 aliphatic rings. The van der Waals surface area contributed by atoms with Crippen LogP contribution in [0.5, 0.6) is 0 Å². The maximum Gasteiger partial charge on any atom is 0.140 e. The molecule has 1 aromatic rings. The zero-order valence-electron chi connectivity index (χ0n) is 9.27. The van der Waals surface area contributed by atoms with Gasteiger partial charge in [-0.05, 0) is 6.92 Å². The SMILES string of the molecule is CCn1ncnc1CNCCS(=O)CC. The quantitative estimate of drug-likeness (QED) is 0.678. The second kappa shape index (κ2) is 6.68. The molecular weight excluding hydrogens is 212 g/mol. The van der Waals surface area contributed by atoms with Gasteiger partial charge in [-0.15, -0.1) is 0 Å². The number of aryl methyl sites for hydroxylation is 1. The van der Waals surface area contributed by atoms with Gasteiger partial charge in [-0.1, -0.05) is 6.92 Å². The summed E-state index contributed by atoms with van der Waals surface area (Å²) in [6.45, 7) is 6.25. The Balaban J connectivity index is 2.23. The molecule has 0 amide bonds. The Morgan fingerprint density at radius 2 is 2.33 bits per heavy atom. The number of hydrogen-bond donors (Lipinski definition) is 1. The Labute approximate surface area is 92.7 Å². The van der Waals surface area contributed by atoms with E-state index in [1.54, 1.807) is 6.33 Å². The highest BCUT2D eigenvalue weighted by molar-refractivity contribution is 7.84. The number of hydrogen-bond acceptors (Lipinski definition) is 4. The molecule has 1 heterocycles. The van der Waals surface area contributed by atoms with Gasteiger partial charge in [0.25, 0.3) is 0 Å². The van der Waals surface area contributed by atoms with Crippen molar-refractivity contribution < 1.29 is 4.21 Å². The van der Waals surface area contributed by atoms with Gasteiger partial charge in [0.1, 0.15) is 12.2 Å². The van der Waals surface area contributed by atoms with E-state index in [2.05, 4.69) is 15.4 Å². The summed E-state index contributed by atoms with van der Waals surface area (Å²) in [4.78, 5) is 4.14. The van der Waals surface area contributed by atoms with Crippen LogP contribution in [0.1, 0.15) is 19.7 Å². The molecule has 5 nitrogen and oxygen atoms in total. The van der Waals surface area contributed by atoms with Gasteiger partial charge in [0.2, 0.25) is 0 Å². The second-order valence-electron chi connectivity index (χ2n) is 3.10. The van der Waals surface area contributed by atoms with Gasteiger partial charge in [0.05, 0.1) is 6.54 Å². The van der Waals surface area contributed by atoms with Crippen LogP contribution in [0.2, 0.25) is 0 Å². The predicted octanol–water partition coefficient (Wildman–Crippen LogP) is 0.156. The fraction of sp³-hybridized carbons (Fsp3) is 0.778. The molecule has 1 atom stereocenters. The summed E-state index contributed by atoms with van der Waals surface area (Å²) in [5.41, 5.74) is 0. The van der Waals surface area contributed by atoms with Crippen molar-refractivity contribution in [3.05, 3.63) is 12.2 Å². The van der Waals surface area contributed by atoms with Crippen molar-refractivity contribution in [1.29, 1.82) is 0 Å². The first-order chi connectivity index (χ1) is 7.27. The molecule has 1 N–H and O–H groups in total. The van der Waals surface area contributed by atoms with E-state index in [1.165, 1.54) is 0 Å². The third kappa shape index (κ3) is 4.09. The Morgan fingerprint density at radius 3 is 3.00 bits per heavy atom. The number of aromatic nitrogens is 3. The van der Waals surface area contributed by atoms with Crippen LogP contribution in [-0.2, 0) is 23.9 Å². The van der Waals surface area contributed by atoms with Crippen LogP contribution in [0.25, 0.3) is 0 Å². The summed E-state index contributed by atoms with van der Waals surface area (Å²) in [6.07, 6.45) is 1.56. The summed E-state index contributed by atoms with van der Waals surface area (Å²) >= 11 is 0. The molecular formula is C9H18N4OS. The fourth-order valence-electron chi connectivity index (χ4n) is 1.22. The first-order valence-corrected chi connectivity index (χ1v) is 6.69. The van der Waals surface area contributed by atoms with E-state index in [0.29, 0.717) is 12.3 Å². The van der Waals surface area contributed by atoms with E-state index in [4.69, 9.17) is 0 Å². The van der Waals surface area contributed by atoms with Gasteiger partial charge < -0.3 is 5.32 Å². The Hall–Kier alpha value is -0.750. The lowest BCUT2D eigenvalue weighted by Crippen LogP contribution is -2.22. The van der Waals surface area contributed by atoms with Crippen molar-refractivity contribution in [3.63, 3.8) is 0 Å². The van der Waals surface area contributed by atoms with Crippen LogP contribution in [0.15, 0.2) is 6.33 Å². The molecule has 0 radical (unpaired) electrons. The molecule has 0 aromatic carbocycles. The maximum atomic E-state index is 11.1. The van der Waals surface area contributed by atoms with Crippen molar-refractivity contribution in [2.45, 2.75) is 26.9 Å². The number of nitrogens with one attached hydrogen (secondary N) is 1. The third-order valence-electron chi connectivity index (χ3n) is 2.11. The summed E-state index contributed by atoms with van der Waals surface area (Å²) in [7, 11) is -0.688. The minimum atomic E-state index is -0.688. The summed E-state index contributed by atoms with van der Waals surface area (Å²) in [5.74, 6) is 2.36. The van der Waals surface area contributed by atoms with Gasteiger partial charge in [-0.3, -0.25) is 4.21 Å². The van der Waals surface area contributed by atoms with Crippen molar-refractivity contribution >= 4 is 10.8 Å². The fourth-order valence-corrected chi connectivity index (χ4v) is 1.88. The number of rotatable bonds is 7. The van der Waals surface area contributed by atoms with Crippen molar-refractivity contribution in [1.82, 2.24) is 20.1 Å². The smallest absolute Gasteiger partial charge is 0.140 e. The van der Waals surface area contributed by atoms with Crippen LogP contribution in [0.3, 0.4) is 0 Å². The van der Waals surface area contributed by atoms with Crippen molar-refractivity contribution in [2.24, 2.45) is 0 Å². The van der Waals surface area contributed by atoms with Gasteiger partial charge in [0, 0.05) is 35.4 Å². The van der Waals surface area contributed by atoms with E-state index in [-0.39, 0.29) is 0 Å². The van der Waals surface area contributed by atoms with E-state index in [9.17, 15) is 4.21 Å². The van der Waals surface area contributed by atoms with Crippen LogP contribution >= 0.6 is 0 Å². The Bertz CT molecular complexity index is 313. The predicted molar refractivity (Wildman–Crippen MR) is 61.0 cm³/mol. The molecule has 86 valence electrons. The first-order valence-electron chi connectivity index (χ1n) is 5.20. The van der Waals surface area contributed by atoms with Crippen LogP contribution in [0.4, 0.5) is 0 Å². The normalized spacial score (nSPS) is 12.9. The van der Waals surface area contributed by atoms with E-state index < -0.39 is 10.8 Å². The molecule has 0 bridgehead atoms. The molecule has 0 fully saturated rings. The van der Waals surface area contributed by atoms with Gasteiger partial charge in [0.15, 0.2) is 0 Å². The van der Waals surface area contributed by atoms with Crippen molar-refractivity contribution in [2.75, 3.05) is 18.1 Å². The van der Waals surface area contributed by atoms with E-state index in [1.807, 2.05) is 18.5 Å². The molecule has 0 aliphatic carbocycles. The monoisotopic (exact) mass is 230 g/mol. The minimum Gasteiger partial charge on any atom is -0.309 e. The third-order valence-corrected chi connectivity index (χ3v) is 3.41. The Kier molecular flexibility index (Phi) is 5.49. The Morgan fingerprint density at radius 1 is 1.53 bits per heavy atom. The molecule has 6 heteroatoms. The largest absolute Gasteiger partial charge is 0.309 e. The summed E-state index contributed by atoms with van der Waals surface area (Å²) in [6, 6.07) is 0. The summed E-state index contributed by atoms with van der Waals surface area (Å²) < 4.78 is 13.0. The van der Waals surface area contributed by atoms with E-state index >= 15 is 0 Å². The van der Waals surface area contributed by atoms with Crippen LogP contribution in [-0.4, -0.2) is 37.0 Å². The zero-order valence-corrected chi connectivity index (χ0v) is 10.1. The van der Waals surface area contributed by atoms with Gasteiger partial charge in [-0.25, -0.2) is 9.67 Å². The highest BCUT2D eigenvalue weighted by atomic mass is 32.2. The van der Waals surface area contributed by atoms with Gasteiger partial charge in [-0.2, -0.15) is 5.10 Å². The number of nitrogens with zero attached hydrogens (tertiary/aromatic N) is 3. The molecule has 0 saturated carbocycles. The topological polar surface area (TPSA) is 59.8 Å². The molecule has 0 aliphatic heterocycles. The van der Waals surface area contributed by atoms with E-state index in [0.717, 1.165) is 24.7 Å². The first kappa shape index (κ1) is 12.3. The highest BCUT2D eigenvalue weighted by Crippen LogP contribution is 1.92.